The van der Waals surface area contributed by atoms with Crippen molar-refractivity contribution >= 4 is 18.1 Å². The topological polar surface area (TPSA) is 28.2 Å². The number of hydrogen-bond acceptors (Lipinski definition) is 5. The van der Waals surface area contributed by atoms with Gasteiger partial charge >= 0.3 is 0 Å². The predicted molar refractivity (Wildman–Crippen MR) is 120 cm³/mol. The molecule has 0 N–H and O–H groups in total. The number of benzene rings is 2. The van der Waals surface area contributed by atoms with Gasteiger partial charge < -0.3 is 14.4 Å². The summed E-state index contributed by atoms with van der Waals surface area (Å²) in [4.78, 5) is 7.62. The molecule has 2 aliphatic heterocycles. The third kappa shape index (κ3) is 6.34. The fourth-order valence-corrected chi connectivity index (χ4v) is 4.05. The Kier molecular flexibility index (Phi) is 8.62. The fraction of sp³-hybridized carbons (Fsp3) is 0.478. The molecule has 158 valence electrons. The van der Waals surface area contributed by atoms with Crippen LogP contribution in [0, 0.1) is 0 Å². The third-order valence-electron chi connectivity index (χ3n) is 5.71. The van der Waals surface area contributed by atoms with Crippen LogP contribution in [0.2, 0.25) is 0 Å². The minimum atomic E-state index is 0. The molecular formula is C23H32ClN3O2. The predicted octanol–water partition coefficient (Wildman–Crippen LogP) is 3.01. The van der Waals surface area contributed by atoms with Crippen LogP contribution in [0.5, 0.6) is 5.75 Å². The molecule has 0 aromatic heterocycles. The summed E-state index contributed by atoms with van der Waals surface area (Å²) in [7, 11) is 0. The van der Waals surface area contributed by atoms with Gasteiger partial charge in [0, 0.05) is 51.5 Å². The molecule has 2 aromatic carbocycles. The summed E-state index contributed by atoms with van der Waals surface area (Å²) in [5.41, 5.74) is 1.33. The molecule has 0 saturated carbocycles. The van der Waals surface area contributed by atoms with Crippen molar-refractivity contribution in [2.45, 2.75) is 6.04 Å². The van der Waals surface area contributed by atoms with E-state index in [-0.39, 0.29) is 12.4 Å². The Balaban J connectivity index is 0.00000240. The highest BCUT2D eigenvalue weighted by Crippen LogP contribution is 2.18. The maximum atomic E-state index is 6.16. The number of piperazine rings is 1. The highest BCUT2D eigenvalue weighted by molar-refractivity contribution is 5.85. The first-order valence-corrected chi connectivity index (χ1v) is 10.4. The second-order valence-electron chi connectivity index (χ2n) is 7.55. The van der Waals surface area contributed by atoms with Crippen LogP contribution in [0.1, 0.15) is 0 Å². The zero-order valence-corrected chi connectivity index (χ0v) is 17.8. The molecule has 5 nitrogen and oxygen atoms in total. The van der Waals surface area contributed by atoms with Gasteiger partial charge in [-0.15, -0.1) is 12.4 Å². The normalized spacial score (nSPS) is 19.4. The Morgan fingerprint density at radius 3 is 2.07 bits per heavy atom. The van der Waals surface area contributed by atoms with E-state index in [4.69, 9.17) is 9.47 Å². The molecule has 2 heterocycles. The SMILES string of the molecule is Cl.c1ccc(OCC(CN2CCOCC2)N2CCN(c3ccccc3)CC2)cc1. The molecule has 6 heteroatoms. The lowest BCUT2D eigenvalue weighted by atomic mass is 10.1. The summed E-state index contributed by atoms with van der Waals surface area (Å²) in [6, 6.07) is 21.3. The Morgan fingerprint density at radius 2 is 1.41 bits per heavy atom. The molecule has 2 saturated heterocycles. The number of hydrogen-bond donors (Lipinski definition) is 0. The molecular weight excluding hydrogens is 386 g/mol. The van der Waals surface area contributed by atoms with Crippen LogP contribution in [0.4, 0.5) is 5.69 Å². The first-order valence-electron chi connectivity index (χ1n) is 10.4. The van der Waals surface area contributed by atoms with Gasteiger partial charge in [0.05, 0.1) is 19.3 Å². The number of para-hydroxylation sites is 2. The largest absolute Gasteiger partial charge is 0.492 e. The van der Waals surface area contributed by atoms with Gasteiger partial charge in [0.25, 0.3) is 0 Å². The molecule has 0 amide bonds. The standard InChI is InChI=1S/C23H31N3O2.ClH/c1-3-7-21(8-4-1)25-11-13-26(14-12-25)22(19-24-15-17-27-18-16-24)20-28-23-9-5-2-6-10-23;/h1-10,22H,11-20H2;1H. The molecule has 2 fully saturated rings. The van der Waals surface area contributed by atoms with Crippen LogP contribution in [-0.4, -0.2) is 81.5 Å². The van der Waals surface area contributed by atoms with Gasteiger partial charge in [0.15, 0.2) is 0 Å². The van der Waals surface area contributed by atoms with E-state index >= 15 is 0 Å². The Morgan fingerprint density at radius 1 is 0.793 bits per heavy atom. The molecule has 0 radical (unpaired) electrons. The molecule has 1 atom stereocenters. The summed E-state index contributed by atoms with van der Waals surface area (Å²) in [5.74, 6) is 0.956. The summed E-state index contributed by atoms with van der Waals surface area (Å²) >= 11 is 0. The highest BCUT2D eigenvalue weighted by Gasteiger charge is 2.27. The molecule has 2 aromatic rings. The Hall–Kier alpha value is -1.79. The lowest BCUT2D eigenvalue weighted by Crippen LogP contribution is -2.56. The highest BCUT2D eigenvalue weighted by atomic mass is 35.5. The lowest BCUT2D eigenvalue weighted by Gasteiger charge is -2.42. The average molecular weight is 418 g/mol. The quantitative estimate of drug-likeness (QED) is 0.690. The van der Waals surface area contributed by atoms with E-state index in [2.05, 4.69) is 45.0 Å². The monoisotopic (exact) mass is 417 g/mol. The smallest absolute Gasteiger partial charge is 0.119 e. The van der Waals surface area contributed by atoms with E-state index in [0.717, 1.165) is 71.4 Å². The number of anilines is 1. The van der Waals surface area contributed by atoms with Crippen LogP contribution < -0.4 is 9.64 Å². The van der Waals surface area contributed by atoms with Crippen LogP contribution in [0.15, 0.2) is 60.7 Å². The van der Waals surface area contributed by atoms with Gasteiger partial charge in [0.1, 0.15) is 12.4 Å². The number of morpholine rings is 1. The summed E-state index contributed by atoms with van der Waals surface area (Å²) in [6.07, 6.45) is 0. The van der Waals surface area contributed by atoms with E-state index in [1.165, 1.54) is 5.69 Å². The van der Waals surface area contributed by atoms with E-state index in [9.17, 15) is 0 Å². The molecule has 1 unspecified atom stereocenters. The maximum absolute atomic E-state index is 6.16. The van der Waals surface area contributed by atoms with Crippen molar-refractivity contribution in [1.82, 2.24) is 9.80 Å². The number of nitrogens with zero attached hydrogens (tertiary/aromatic N) is 3. The Bertz CT molecular complexity index is 690. The van der Waals surface area contributed by atoms with Crippen molar-refractivity contribution in [2.24, 2.45) is 0 Å². The van der Waals surface area contributed by atoms with E-state index in [1.807, 2.05) is 30.3 Å². The molecule has 2 aliphatic rings. The molecule has 0 bridgehead atoms. The van der Waals surface area contributed by atoms with Gasteiger partial charge in [-0.25, -0.2) is 0 Å². The van der Waals surface area contributed by atoms with E-state index in [0.29, 0.717) is 6.04 Å². The second-order valence-corrected chi connectivity index (χ2v) is 7.55. The van der Waals surface area contributed by atoms with Crippen molar-refractivity contribution in [3.8, 4) is 5.75 Å². The summed E-state index contributed by atoms with van der Waals surface area (Å²) in [6.45, 7) is 9.77. The number of rotatable bonds is 7. The zero-order chi connectivity index (χ0) is 19.0. The van der Waals surface area contributed by atoms with Crippen LogP contribution in [0.3, 0.4) is 0 Å². The lowest BCUT2D eigenvalue weighted by molar-refractivity contribution is 0.0145. The van der Waals surface area contributed by atoms with Crippen LogP contribution in [-0.2, 0) is 4.74 Å². The number of halogens is 1. The van der Waals surface area contributed by atoms with Gasteiger partial charge in [-0.2, -0.15) is 0 Å². The van der Waals surface area contributed by atoms with Crippen molar-refractivity contribution in [3.63, 3.8) is 0 Å². The van der Waals surface area contributed by atoms with Crippen molar-refractivity contribution < 1.29 is 9.47 Å². The summed E-state index contributed by atoms with van der Waals surface area (Å²) in [5, 5.41) is 0. The van der Waals surface area contributed by atoms with E-state index < -0.39 is 0 Å². The van der Waals surface area contributed by atoms with E-state index in [1.54, 1.807) is 0 Å². The molecule has 29 heavy (non-hydrogen) atoms. The first kappa shape index (κ1) is 21.9. The van der Waals surface area contributed by atoms with Gasteiger partial charge in [0.2, 0.25) is 0 Å². The maximum Gasteiger partial charge on any atom is 0.119 e. The Labute approximate surface area is 180 Å². The van der Waals surface area contributed by atoms with Crippen LogP contribution >= 0.6 is 12.4 Å². The molecule has 0 aliphatic carbocycles. The third-order valence-corrected chi connectivity index (χ3v) is 5.71. The minimum absolute atomic E-state index is 0. The van der Waals surface area contributed by atoms with Crippen molar-refractivity contribution in [2.75, 3.05) is 70.5 Å². The van der Waals surface area contributed by atoms with Crippen molar-refractivity contribution in [3.05, 3.63) is 60.7 Å². The van der Waals surface area contributed by atoms with Gasteiger partial charge in [-0.3, -0.25) is 9.80 Å². The average Bonchev–Trinajstić information content (AvgIpc) is 2.79. The summed E-state index contributed by atoms with van der Waals surface area (Å²) < 4.78 is 11.7. The van der Waals surface area contributed by atoms with Crippen molar-refractivity contribution in [1.29, 1.82) is 0 Å². The molecule has 0 spiro atoms. The number of ether oxygens (including phenoxy) is 2. The first-order chi connectivity index (χ1) is 13.9. The fourth-order valence-electron chi connectivity index (χ4n) is 4.05. The van der Waals surface area contributed by atoms with Crippen LogP contribution in [0.25, 0.3) is 0 Å². The second kappa shape index (κ2) is 11.4. The van der Waals surface area contributed by atoms with Gasteiger partial charge in [-0.1, -0.05) is 36.4 Å². The minimum Gasteiger partial charge on any atom is -0.492 e. The van der Waals surface area contributed by atoms with Gasteiger partial charge in [-0.05, 0) is 24.3 Å². The molecule has 4 rings (SSSR count). The zero-order valence-electron chi connectivity index (χ0n) is 17.0.